The second kappa shape index (κ2) is 6.85. The highest BCUT2D eigenvalue weighted by Crippen LogP contribution is 2.29. The van der Waals surface area contributed by atoms with Gasteiger partial charge in [-0.2, -0.15) is 0 Å². The Balaban J connectivity index is 1.95. The van der Waals surface area contributed by atoms with E-state index in [9.17, 15) is 4.39 Å². The number of nitrogens with zero attached hydrogens (tertiary/aromatic N) is 3. The molecule has 1 fully saturated rings. The molecule has 0 saturated carbocycles. The molecule has 0 bridgehead atoms. The van der Waals surface area contributed by atoms with E-state index in [2.05, 4.69) is 20.2 Å². The second-order valence-electron chi connectivity index (χ2n) is 6.08. The molecule has 1 saturated heterocycles. The number of rotatable bonds is 4. The average Bonchev–Trinajstić information content (AvgIpc) is 3.02. The summed E-state index contributed by atoms with van der Waals surface area (Å²) < 4.78 is 24.3. The molecule has 3 rings (SSSR count). The number of nitrogens with one attached hydrogen (secondary N) is 1. The number of hydrogen-bond acceptors (Lipinski definition) is 8. The summed E-state index contributed by atoms with van der Waals surface area (Å²) in [5.41, 5.74) is 12.7. The first kappa shape index (κ1) is 17.4. The van der Waals surface area contributed by atoms with Gasteiger partial charge in [0.25, 0.3) is 0 Å². The zero-order valence-electron chi connectivity index (χ0n) is 14.3. The van der Waals surface area contributed by atoms with Crippen molar-refractivity contribution in [3.05, 3.63) is 29.6 Å². The van der Waals surface area contributed by atoms with E-state index in [1.165, 1.54) is 19.2 Å². The molecule has 136 valence electrons. The number of ether oxygens (including phenoxy) is 2. The van der Waals surface area contributed by atoms with Gasteiger partial charge in [0.1, 0.15) is 0 Å². The smallest absolute Gasteiger partial charge is 0.236 e. The second-order valence-corrected chi connectivity index (χ2v) is 6.08. The fourth-order valence-electron chi connectivity index (χ4n) is 3.18. The Morgan fingerprint density at radius 3 is 2.88 bits per heavy atom. The lowest BCUT2D eigenvalue weighted by atomic mass is 10.1. The van der Waals surface area contributed by atoms with Crippen LogP contribution in [0.4, 0.5) is 4.39 Å². The van der Waals surface area contributed by atoms with Gasteiger partial charge in [-0.25, -0.2) is 14.4 Å². The van der Waals surface area contributed by atoms with Crippen molar-refractivity contribution in [3.63, 3.8) is 0 Å². The molecule has 8 nitrogen and oxygen atoms in total. The number of aliphatic imine (C=N–C) groups is 2. The maximum absolute atomic E-state index is 14.1. The molecule has 1 aromatic rings. The van der Waals surface area contributed by atoms with E-state index < -0.39 is 11.6 Å². The Bertz CT molecular complexity index is 710. The Hall–Kier alpha value is -2.39. The predicted octanol–water partition coefficient (Wildman–Crippen LogP) is 0.288. The van der Waals surface area contributed by atoms with Crippen molar-refractivity contribution in [2.24, 2.45) is 21.5 Å². The quantitative estimate of drug-likeness (QED) is 0.720. The van der Waals surface area contributed by atoms with Crippen LogP contribution in [0.25, 0.3) is 0 Å². The number of nitrogens with two attached hydrogens (primary N) is 2. The summed E-state index contributed by atoms with van der Waals surface area (Å²) in [6, 6.07) is 4.56. The molecule has 1 aromatic carbocycles. The highest BCUT2D eigenvalue weighted by atomic mass is 19.1. The lowest BCUT2D eigenvalue weighted by molar-refractivity contribution is 0.143. The van der Waals surface area contributed by atoms with Crippen molar-refractivity contribution in [1.82, 2.24) is 10.2 Å². The van der Waals surface area contributed by atoms with Crippen LogP contribution in [0.2, 0.25) is 0 Å². The molecule has 0 radical (unpaired) electrons. The van der Waals surface area contributed by atoms with E-state index in [0.29, 0.717) is 18.1 Å². The average molecular weight is 350 g/mol. The molecule has 9 heteroatoms. The number of benzene rings is 1. The Labute approximate surface area is 145 Å². The van der Waals surface area contributed by atoms with Crippen LogP contribution in [0.1, 0.15) is 18.4 Å². The number of halogens is 1. The minimum Gasteiger partial charge on any atom is -0.494 e. The van der Waals surface area contributed by atoms with Crippen molar-refractivity contribution < 1.29 is 13.9 Å². The predicted molar refractivity (Wildman–Crippen MR) is 92.6 cm³/mol. The standard InChI is InChI=1S/C16H23FN6O2/c1-24-9-11-4-3-7-23(11)15-20-14(18)21-16(19,22-15)10-5-6-13(25-2)12(17)8-10/h5-6,8,11H,3-4,7,9,19H2,1-2H3,(H3,18,20,21,22)/t11-,16?/m0/s1. The number of guanidine groups is 2. The van der Waals surface area contributed by atoms with Gasteiger partial charge in [-0.3, -0.25) is 11.1 Å². The monoisotopic (exact) mass is 350 g/mol. The number of hydrogen-bond donors (Lipinski definition) is 3. The fourth-order valence-corrected chi connectivity index (χ4v) is 3.18. The molecule has 2 atom stereocenters. The van der Waals surface area contributed by atoms with E-state index in [4.69, 9.17) is 20.9 Å². The highest BCUT2D eigenvalue weighted by Gasteiger charge is 2.36. The summed E-state index contributed by atoms with van der Waals surface area (Å²) in [4.78, 5) is 10.8. The van der Waals surface area contributed by atoms with Crippen LogP contribution in [0.5, 0.6) is 5.75 Å². The van der Waals surface area contributed by atoms with Gasteiger partial charge in [-0.15, -0.1) is 0 Å². The zero-order valence-corrected chi connectivity index (χ0v) is 14.3. The number of likely N-dealkylation sites (tertiary alicyclic amines) is 1. The van der Waals surface area contributed by atoms with Gasteiger partial charge in [0.15, 0.2) is 17.5 Å². The van der Waals surface area contributed by atoms with Crippen LogP contribution >= 0.6 is 0 Å². The summed E-state index contributed by atoms with van der Waals surface area (Å²) in [5.74, 6) is -1.26. The SMILES string of the molecule is COC[C@@H]1CCCN1C1=NC(N)(c2ccc(OC)c(F)c2)N=C(N)N1. The highest BCUT2D eigenvalue weighted by molar-refractivity contribution is 6.00. The third kappa shape index (κ3) is 3.38. The van der Waals surface area contributed by atoms with Crippen molar-refractivity contribution >= 4 is 11.9 Å². The van der Waals surface area contributed by atoms with Crippen LogP contribution in [-0.4, -0.2) is 50.2 Å². The van der Waals surface area contributed by atoms with Crippen molar-refractivity contribution in [3.8, 4) is 5.75 Å². The molecule has 0 spiro atoms. The van der Waals surface area contributed by atoms with Gasteiger partial charge in [-0.05, 0) is 31.0 Å². The van der Waals surface area contributed by atoms with E-state index in [1.807, 2.05) is 0 Å². The van der Waals surface area contributed by atoms with Gasteiger partial charge in [0.2, 0.25) is 11.7 Å². The molecule has 25 heavy (non-hydrogen) atoms. The van der Waals surface area contributed by atoms with Gasteiger partial charge in [-0.1, -0.05) is 0 Å². The Kier molecular flexibility index (Phi) is 4.78. The summed E-state index contributed by atoms with van der Waals surface area (Å²) in [7, 11) is 3.06. The Morgan fingerprint density at radius 1 is 1.40 bits per heavy atom. The van der Waals surface area contributed by atoms with Gasteiger partial charge in [0, 0.05) is 19.2 Å². The molecule has 0 aliphatic carbocycles. The topological polar surface area (TPSA) is 110 Å². The van der Waals surface area contributed by atoms with Crippen molar-refractivity contribution in [2.45, 2.75) is 24.7 Å². The minimum atomic E-state index is -1.50. The molecule has 2 aliphatic rings. The maximum atomic E-state index is 14.1. The van der Waals surface area contributed by atoms with E-state index >= 15 is 0 Å². The first-order valence-corrected chi connectivity index (χ1v) is 8.07. The molecular formula is C16H23FN6O2. The number of methoxy groups -OCH3 is 2. The van der Waals surface area contributed by atoms with E-state index in [1.54, 1.807) is 13.2 Å². The molecule has 1 unspecified atom stereocenters. The van der Waals surface area contributed by atoms with Crippen LogP contribution in [0.15, 0.2) is 28.2 Å². The van der Waals surface area contributed by atoms with Crippen LogP contribution in [-0.2, 0) is 10.5 Å². The molecule has 0 amide bonds. The summed E-state index contributed by atoms with van der Waals surface area (Å²) in [5, 5.41) is 2.96. The summed E-state index contributed by atoms with van der Waals surface area (Å²) >= 11 is 0. The summed E-state index contributed by atoms with van der Waals surface area (Å²) in [6.07, 6.45) is 2.00. The van der Waals surface area contributed by atoms with E-state index in [-0.39, 0.29) is 17.8 Å². The van der Waals surface area contributed by atoms with Crippen LogP contribution < -0.4 is 21.5 Å². The van der Waals surface area contributed by atoms with Gasteiger partial charge < -0.3 is 20.1 Å². The lowest BCUT2D eigenvalue weighted by Gasteiger charge is -2.34. The Morgan fingerprint density at radius 2 is 2.20 bits per heavy atom. The molecular weight excluding hydrogens is 327 g/mol. The normalized spacial score (nSPS) is 26.1. The third-order valence-electron chi connectivity index (χ3n) is 4.39. The molecule has 0 aromatic heterocycles. The van der Waals surface area contributed by atoms with Gasteiger partial charge >= 0.3 is 0 Å². The van der Waals surface area contributed by atoms with Crippen molar-refractivity contribution in [1.29, 1.82) is 0 Å². The molecule has 5 N–H and O–H groups in total. The van der Waals surface area contributed by atoms with Crippen molar-refractivity contribution in [2.75, 3.05) is 27.4 Å². The first-order chi connectivity index (χ1) is 12.0. The minimum absolute atomic E-state index is 0.127. The van der Waals surface area contributed by atoms with Gasteiger partial charge in [0.05, 0.1) is 19.8 Å². The molecule has 2 aliphatic heterocycles. The largest absolute Gasteiger partial charge is 0.494 e. The molecule has 2 heterocycles. The third-order valence-corrected chi connectivity index (χ3v) is 4.39. The lowest BCUT2D eigenvalue weighted by Crippen LogP contribution is -2.55. The zero-order chi connectivity index (χ0) is 18.0. The van der Waals surface area contributed by atoms with E-state index in [0.717, 1.165) is 19.4 Å². The maximum Gasteiger partial charge on any atom is 0.236 e. The first-order valence-electron chi connectivity index (χ1n) is 8.07. The van der Waals surface area contributed by atoms with Crippen LogP contribution in [0, 0.1) is 5.82 Å². The summed E-state index contributed by atoms with van der Waals surface area (Å²) in [6.45, 7) is 1.38. The fraction of sp³-hybridized carbons (Fsp3) is 0.500. The van der Waals surface area contributed by atoms with Crippen LogP contribution in [0.3, 0.4) is 0 Å².